The molecule has 1 fully saturated rings. The van der Waals surface area contributed by atoms with Crippen molar-refractivity contribution in [1.82, 2.24) is 19.1 Å². The third-order valence-corrected chi connectivity index (χ3v) is 4.62. The van der Waals surface area contributed by atoms with E-state index in [1.54, 1.807) is 0 Å². The minimum atomic E-state index is 0.0704. The van der Waals surface area contributed by atoms with Crippen LogP contribution >= 0.6 is 0 Å². The molecule has 1 aliphatic heterocycles. The monoisotopic (exact) mass is 311 g/mol. The highest BCUT2D eigenvalue weighted by molar-refractivity contribution is 5.79. The molecule has 1 aromatic carbocycles. The van der Waals surface area contributed by atoms with E-state index in [9.17, 15) is 0 Å². The fraction of sp³-hybridized carbons (Fsp3) is 0.412. The molecule has 0 unspecified atom stereocenters. The summed E-state index contributed by atoms with van der Waals surface area (Å²) < 4.78 is 9.99. The van der Waals surface area contributed by atoms with E-state index in [-0.39, 0.29) is 6.10 Å². The largest absolute Gasteiger partial charge is 0.385 e. The molecule has 1 saturated heterocycles. The van der Waals surface area contributed by atoms with Crippen molar-refractivity contribution >= 4 is 16.7 Å². The molecule has 0 aliphatic carbocycles. The van der Waals surface area contributed by atoms with Gasteiger partial charge in [-0.3, -0.25) is 0 Å². The van der Waals surface area contributed by atoms with E-state index in [0.717, 1.165) is 42.1 Å². The molecule has 120 valence electrons. The van der Waals surface area contributed by atoms with E-state index in [1.807, 2.05) is 42.0 Å². The second-order valence-corrected chi connectivity index (χ2v) is 6.18. The van der Waals surface area contributed by atoms with Crippen LogP contribution in [0.2, 0.25) is 0 Å². The van der Waals surface area contributed by atoms with Crippen molar-refractivity contribution in [2.45, 2.75) is 12.5 Å². The van der Waals surface area contributed by atoms with Gasteiger partial charge < -0.3 is 19.2 Å². The molecule has 6 nitrogen and oxygen atoms in total. The van der Waals surface area contributed by atoms with Crippen LogP contribution in [0.4, 0.5) is 5.69 Å². The zero-order valence-corrected chi connectivity index (χ0v) is 13.4. The number of nitrogens with zero attached hydrogens (tertiary/aromatic N) is 4. The summed E-state index contributed by atoms with van der Waals surface area (Å²) in [5.41, 5.74) is 3.26. The van der Waals surface area contributed by atoms with Crippen LogP contribution in [0.3, 0.4) is 0 Å². The van der Waals surface area contributed by atoms with Crippen LogP contribution in [0.1, 0.15) is 18.3 Å². The first-order valence-electron chi connectivity index (χ1n) is 7.96. The third kappa shape index (κ3) is 2.59. The minimum Gasteiger partial charge on any atom is -0.385 e. The summed E-state index contributed by atoms with van der Waals surface area (Å²) >= 11 is 0. The van der Waals surface area contributed by atoms with Crippen LogP contribution in [0, 0.1) is 5.92 Å². The van der Waals surface area contributed by atoms with Gasteiger partial charge in [0.05, 0.1) is 17.4 Å². The van der Waals surface area contributed by atoms with Gasteiger partial charge in [0.25, 0.3) is 0 Å². The Labute approximate surface area is 135 Å². The summed E-state index contributed by atoms with van der Waals surface area (Å²) in [6.07, 6.45) is 6.76. The van der Waals surface area contributed by atoms with E-state index in [0.29, 0.717) is 5.92 Å². The lowest BCUT2D eigenvalue weighted by Crippen LogP contribution is -2.20. The van der Waals surface area contributed by atoms with Gasteiger partial charge >= 0.3 is 0 Å². The van der Waals surface area contributed by atoms with Crippen LogP contribution in [0.25, 0.3) is 11.0 Å². The predicted octanol–water partition coefficient (Wildman–Crippen LogP) is 2.50. The molecule has 2 atom stereocenters. The number of hydrogen-bond acceptors (Lipinski definition) is 4. The second-order valence-electron chi connectivity index (χ2n) is 6.18. The molecule has 1 N–H and O–H groups in total. The van der Waals surface area contributed by atoms with Crippen molar-refractivity contribution in [2.24, 2.45) is 20.0 Å². The van der Waals surface area contributed by atoms with Gasteiger partial charge in [-0.25, -0.2) is 9.97 Å². The molecular formula is C17H21N5O. The molecule has 1 aliphatic rings. The van der Waals surface area contributed by atoms with Crippen molar-refractivity contribution in [3.05, 3.63) is 42.7 Å². The van der Waals surface area contributed by atoms with Crippen molar-refractivity contribution in [3.8, 4) is 0 Å². The number of anilines is 1. The predicted molar refractivity (Wildman–Crippen MR) is 89.2 cm³/mol. The number of rotatable bonds is 4. The summed E-state index contributed by atoms with van der Waals surface area (Å²) in [7, 11) is 4.03. The van der Waals surface area contributed by atoms with Gasteiger partial charge in [-0.2, -0.15) is 0 Å². The van der Waals surface area contributed by atoms with Gasteiger partial charge in [0.1, 0.15) is 11.9 Å². The molecule has 0 saturated carbocycles. The number of aromatic nitrogens is 4. The summed E-state index contributed by atoms with van der Waals surface area (Å²) in [6.45, 7) is 1.67. The summed E-state index contributed by atoms with van der Waals surface area (Å²) in [6, 6.07) is 6.31. The molecule has 0 spiro atoms. The molecule has 3 aromatic rings. The standard InChI is InChI=1S/C17H21N5O/c1-21-7-6-18-17(21)16-12(5-8-23-16)10-19-13-3-4-15-14(9-13)20-11-22(15)2/h3-4,6-7,9,11-12,16,19H,5,8,10H2,1-2H3/t12-,16+/m0/s1. The number of hydrogen-bond donors (Lipinski definition) is 1. The van der Waals surface area contributed by atoms with E-state index in [2.05, 4.69) is 33.5 Å². The van der Waals surface area contributed by atoms with Crippen LogP contribution in [0.5, 0.6) is 0 Å². The smallest absolute Gasteiger partial charge is 0.138 e. The number of fused-ring (bicyclic) bond motifs is 1. The quantitative estimate of drug-likeness (QED) is 0.804. The number of imidazole rings is 2. The average Bonchev–Trinajstić information content (AvgIpc) is 3.26. The van der Waals surface area contributed by atoms with Crippen LogP contribution < -0.4 is 5.32 Å². The SMILES string of the molecule is Cn1ccnc1[C@@H]1OCC[C@H]1CNc1ccc2c(c1)ncn2C. The van der Waals surface area contributed by atoms with E-state index in [1.165, 1.54) is 0 Å². The Morgan fingerprint density at radius 1 is 1.26 bits per heavy atom. The van der Waals surface area contributed by atoms with Crippen molar-refractivity contribution in [1.29, 1.82) is 0 Å². The lowest BCUT2D eigenvalue weighted by Gasteiger charge is -2.19. The molecule has 2 aromatic heterocycles. The number of aryl methyl sites for hydroxylation is 2. The van der Waals surface area contributed by atoms with Gasteiger partial charge in [0.2, 0.25) is 0 Å². The third-order valence-electron chi connectivity index (χ3n) is 4.62. The summed E-state index contributed by atoms with van der Waals surface area (Å²) in [5.74, 6) is 1.44. The first-order chi connectivity index (χ1) is 11.2. The average molecular weight is 311 g/mol. The van der Waals surface area contributed by atoms with E-state index < -0.39 is 0 Å². The maximum absolute atomic E-state index is 5.91. The molecule has 23 heavy (non-hydrogen) atoms. The summed E-state index contributed by atoms with van der Waals surface area (Å²) in [4.78, 5) is 8.85. The Morgan fingerprint density at radius 2 is 2.17 bits per heavy atom. The first-order valence-corrected chi connectivity index (χ1v) is 7.96. The van der Waals surface area contributed by atoms with Crippen molar-refractivity contribution < 1.29 is 4.74 Å². The molecule has 3 heterocycles. The van der Waals surface area contributed by atoms with Gasteiger partial charge in [0, 0.05) is 51.2 Å². The topological polar surface area (TPSA) is 56.9 Å². The molecule has 4 rings (SSSR count). The Balaban J connectivity index is 1.47. The molecular weight excluding hydrogens is 290 g/mol. The molecule has 6 heteroatoms. The van der Waals surface area contributed by atoms with Crippen molar-refractivity contribution in [2.75, 3.05) is 18.5 Å². The van der Waals surface area contributed by atoms with E-state index in [4.69, 9.17) is 4.74 Å². The highest BCUT2D eigenvalue weighted by Gasteiger charge is 2.32. The number of benzene rings is 1. The number of ether oxygens (including phenoxy) is 1. The summed E-state index contributed by atoms with van der Waals surface area (Å²) in [5, 5.41) is 3.53. The highest BCUT2D eigenvalue weighted by Crippen LogP contribution is 2.33. The Bertz CT molecular complexity index is 821. The second kappa shape index (κ2) is 5.70. The van der Waals surface area contributed by atoms with E-state index >= 15 is 0 Å². The van der Waals surface area contributed by atoms with Crippen LogP contribution in [-0.4, -0.2) is 32.3 Å². The molecule has 0 bridgehead atoms. The zero-order chi connectivity index (χ0) is 15.8. The zero-order valence-electron chi connectivity index (χ0n) is 13.4. The lowest BCUT2D eigenvalue weighted by molar-refractivity contribution is 0.0839. The number of nitrogens with one attached hydrogen (secondary N) is 1. The Morgan fingerprint density at radius 3 is 3.00 bits per heavy atom. The molecule has 0 amide bonds. The Hall–Kier alpha value is -2.34. The van der Waals surface area contributed by atoms with Crippen LogP contribution in [-0.2, 0) is 18.8 Å². The molecule has 0 radical (unpaired) electrons. The van der Waals surface area contributed by atoms with Gasteiger partial charge in [0.15, 0.2) is 0 Å². The maximum atomic E-state index is 5.91. The maximum Gasteiger partial charge on any atom is 0.138 e. The minimum absolute atomic E-state index is 0.0704. The van der Waals surface area contributed by atoms with Gasteiger partial charge in [-0.15, -0.1) is 0 Å². The van der Waals surface area contributed by atoms with Gasteiger partial charge in [-0.05, 0) is 24.6 Å². The highest BCUT2D eigenvalue weighted by atomic mass is 16.5. The lowest BCUT2D eigenvalue weighted by atomic mass is 10.0. The Kier molecular flexibility index (Phi) is 3.53. The van der Waals surface area contributed by atoms with Gasteiger partial charge in [-0.1, -0.05) is 0 Å². The normalized spacial score (nSPS) is 21.1. The van der Waals surface area contributed by atoms with Crippen molar-refractivity contribution in [3.63, 3.8) is 0 Å². The fourth-order valence-electron chi connectivity index (χ4n) is 3.27. The first kappa shape index (κ1) is 14.3. The van der Waals surface area contributed by atoms with Crippen LogP contribution in [0.15, 0.2) is 36.9 Å². The fourth-order valence-corrected chi connectivity index (χ4v) is 3.27.